The Bertz CT molecular complexity index is 380. The SMILES string of the molecule is C=C1N2CC(CCC2C)N1OS(=O)(=O)O. The zero-order valence-corrected chi connectivity index (χ0v) is 9.27. The molecule has 2 fully saturated rings. The van der Waals surface area contributed by atoms with Crippen LogP contribution in [0.3, 0.4) is 0 Å². The summed E-state index contributed by atoms with van der Waals surface area (Å²) in [6, 6.07) is 0.305. The first-order valence-electron chi connectivity index (χ1n) is 4.80. The molecule has 2 saturated heterocycles. The molecule has 2 rings (SSSR count). The van der Waals surface area contributed by atoms with E-state index in [9.17, 15) is 8.42 Å². The van der Waals surface area contributed by atoms with Gasteiger partial charge in [0.1, 0.15) is 5.82 Å². The minimum Gasteiger partial charge on any atom is -0.352 e. The van der Waals surface area contributed by atoms with Crippen molar-refractivity contribution in [1.82, 2.24) is 9.96 Å². The van der Waals surface area contributed by atoms with E-state index in [0.717, 1.165) is 12.8 Å². The molecule has 86 valence electrons. The van der Waals surface area contributed by atoms with Crippen molar-refractivity contribution in [2.24, 2.45) is 0 Å². The van der Waals surface area contributed by atoms with Gasteiger partial charge in [-0.1, -0.05) is 6.58 Å². The number of hydrogen-bond donors (Lipinski definition) is 1. The molecule has 0 saturated carbocycles. The molecule has 7 heteroatoms. The van der Waals surface area contributed by atoms with Crippen molar-refractivity contribution in [3.63, 3.8) is 0 Å². The van der Waals surface area contributed by atoms with Gasteiger partial charge in [-0.05, 0) is 19.8 Å². The molecular weight excluding hydrogens is 220 g/mol. The van der Waals surface area contributed by atoms with Gasteiger partial charge in [0.2, 0.25) is 0 Å². The first kappa shape index (κ1) is 10.7. The zero-order valence-electron chi connectivity index (χ0n) is 8.46. The molecule has 1 N–H and O–H groups in total. The molecule has 0 spiro atoms. The van der Waals surface area contributed by atoms with Crippen LogP contribution in [-0.4, -0.2) is 41.6 Å². The Morgan fingerprint density at radius 2 is 2.20 bits per heavy atom. The quantitative estimate of drug-likeness (QED) is 0.696. The van der Waals surface area contributed by atoms with E-state index in [2.05, 4.69) is 17.8 Å². The smallest absolute Gasteiger partial charge is 0.352 e. The predicted molar refractivity (Wildman–Crippen MR) is 52.8 cm³/mol. The molecular formula is C8H14N2O4S. The van der Waals surface area contributed by atoms with Crippen molar-refractivity contribution in [2.75, 3.05) is 6.54 Å². The Kier molecular flexibility index (Phi) is 2.40. The molecule has 0 aromatic rings. The molecule has 2 bridgehead atoms. The molecule has 0 amide bonds. The van der Waals surface area contributed by atoms with Gasteiger partial charge in [-0.3, -0.25) is 4.55 Å². The highest BCUT2D eigenvalue weighted by Gasteiger charge is 2.41. The third kappa shape index (κ3) is 1.95. The topological polar surface area (TPSA) is 70.1 Å². The van der Waals surface area contributed by atoms with Crippen LogP contribution in [0.2, 0.25) is 0 Å². The van der Waals surface area contributed by atoms with Gasteiger partial charge < -0.3 is 4.90 Å². The van der Waals surface area contributed by atoms with Crippen molar-refractivity contribution < 1.29 is 17.3 Å². The van der Waals surface area contributed by atoms with Crippen molar-refractivity contribution in [2.45, 2.75) is 31.8 Å². The van der Waals surface area contributed by atoms with Gasteiger partial charge in [-0.15, -0.1) is 4.28 Å². The molecule has 6 nitrogen and oxygen atoms in total. The molecule has 2 unspecified atom stereocenters. The molecule has 0 aromatic carbocycles. The number of rotatable bonds is 2. The highest BCUT2D eigenvalue weighted by Crippen LogP contribution is 2.34. The molecule has 2 heterocycles. The van der Waals surface area contributed by atoms with E-state index in [1.165, 1.54) is 5.06 Å². The second-order valence-electron chi connectivity index (χ2n) is 3.98. The summed E-state index contributed by atoms with van der Waals surface area (Å²) in [6.07, 6.45) is 1.81. The summed E-state index contributed by atoms with van der Waals surface area (Å²) < 4.78 is 34.4. The largest absolute Gasteiger partial charge is 0.418 e. The maximum Gasteiger partial charge on any atom is 0.418 e. The Hall–Kier alpha value is -0.790. The fourth-order valence-corrected chi connectivity index (χ4v) is 2.59. The van der Waals surface area contributed by atoms with Crippen LogP contribution in [0.1, 0.15) is 19.8 Å². The fourth-order valence-electron chi connectivity index (χ4n) is 2.18. The first-order valence-corrected chi connectivity index (χ1v) is 6.17. The lowest BCUT2D eigenvalue weighted by Gasteiger charge is -2.28. The van der Waals surface area contributed by atoms with Crippen LogP contribution in [-0.2, 0) is 14.7 Å². The van der Waals surface area contributed by atoms with E-state index in [4.69, 9.17) is 4.55 Å². The summed E-state index contributed by atoms with van der Waals surface area (Å²) in [5.74, 6) is 0.502. The van der Waals surface area contributed by atoms with Gasteiger partial charge in [0.15, 0.2) is 0 Å². The summed E-state index contributed by atoms with van der Waals surface area (Å²) >= 11 is 0. The first-order chi connectivity index (χ1) is 6.88. The summed E-state index contributed by atoms with van der Waals surface area (Å²) in [5, 5.41) is 1.19. The molecule has 2 atom stereocenters. The summed E-state index contributed by atoms with van der Waals surface area (Å²) in [5.41, 5.74) is 0. The third-order valence-electron chi connectivity index (χ3n) is 2.95. The van der Waals surface area contributed by atoms with Gasteiger partial charge in [0.25, 0.3) is 0 Å². The molecule has 0 aliphatic carbocycles. The average molecular weight is 234 g/mol. The molecule has 15 heavy (non-hydrogen) atoms. The molecule has 0 radical (unpaired) electrons. The van der Waals surface area contributed by atoms with E-state index in [1.807, 2.05) is 4.90 Å². The van der Waals surface area contributed by atoms with Crippen molar-refractivity contribution in [3.05, 3.63) is 12.4 Å². The minimum atomic E-state index is -4.46. The van der Waals surface area contributed by atoms with Gasteiger partial charge in [-0.25, -0.2) is 5.06 Å². The normalized spacial score (nSPS) is 31.2. The zero-order chi connectivity index (χ0) is 11.2. The van der Waals surface area contributed by atoms with Crippen LogP contribution in [0.15, 0.2) is 12.4 Å². The summed E-state index contributed by atoms with van der Waals surface area (Å²) in [6.45, 7) is 6.52. The Labute approximate surface area is 89.0 Å². The average Bonchev–Trinajstić information content (AvgIpc) is 2.35. The van der Waals surface area contributed by atoms with Crippen LogP contribution in [0.4, 0.5) is 0 Å². The van der Waals surface area contributed by atoms with Crippen molar-refractivity contribution in [3.8, 4) is 0 Å². The van der Waals surface area contributed by atoms with E-state index >= 15 is 0 Å². The van der Waals surface area contributed by atoms with Gasteiger partial charge in [0, 0.05) is 12.6 Å². The molecule has 2 aliphatic heterocycles. The van der Waals surface area contributed by atoms with Gasteiger partial charge >= 0.3 is 10.4 Å². The van der Waals surface area contributed by atoms with Gasteiger partial charge in [0.05, 0.1) is 6.04 Å². The number of piperidine rings is 1. The van der Waals surface area contributed by atoms with E-state index in [0.29, 0.717) is 18.4 Å². The second-order valence-corrected chi connectivity index (χ2v) is 4.98. The van der Waals surface area contributed by atoms with Crippen LogP contribution >= 0.6 is 0 Å². The van der Waals surface area contributed by atoms with E-state index < -0.39 is 10.4 Å². The predicted octanol–water partition coefficient (Wildman–Crippen LogP) is 0.361. The summed E-state index contributed by atoms with van der Waals surface area (Å²) in [7, 11) is -4.46. The Morgan fingerprint density at radius 3 is 2.73 bits per heavy atom. The molecule has 2 aliphatic rings. The van der Waals surface area contributed by atoms with Crippen molar-refractivity contribution in [1.29, 1.82) is 0 Å². The van der Waals surface area contributed by atoms with Gasteiger partial charge in [-0.2, -0.15) is 8.42 Å². The number of hydrogen-bond acceptors (Lipinski definition) is 5. The van der Waals surface area contributed by atoms with Crippen LogP contribution in [0, 0.1) is 0 Å². The van der Waals surface area contributed by atoms with Crippen LogP contribution in [0.5, 0.6) is 0 Å². The second kappa shape index (κ2) is 3.36. The minimum absolute atomic E-state index is 0.0318. The highest BCUT2D eigenvalue weighted by molar-refractivity contribution is 7.80. The maximum absolute atomic E-state index is 10.6. The van der Waals surface area contributed by atoms with Crippen LogP contribution in [0.25, 0.3) is 0 Å². The van der Waals surface area contributed by atoms with Crippen molar-refractivity contribution >= 4 is 10.4 Å². The highest BCUT2D eigenvalue weighted by atomic mass is 32.3. The van der Waals surface area contributed by atoms with E-state index in [-0.39, 0.29) is 6.04 Å². The van der Waals surface area contributed by atoms with E-state index in [1.54, 1.807) is 0 Å². The summed E-state index contributed by atoms with van der Waals surface area (Å²) in [4.78, 5) is 1.99. The third-order valence-corrected chi connectivity index (χ3v) is 3.30. The lowest BCUT2D eigenvalue weighted by atomic mass is 10.0. The number of fused-ring (bicyclic) bond motifs is 2. The number of hydroxylamine groups is 2. The maximum atomic E-state index is 10.6. The standard InChI is InChI=1S/C8H14N2O4S/c1-6-3-4-8-5-9(6)7(2)10(8)14-15(11,12)13/h6,8H,2-5H2,1H3,(H,11,12,13). The Morgan fingerprint density at radius 1 is 1.53 bits per heavy atom. The Balaban J connectivity index is 2.18. The lowest BCUT2D eigenvalue weighted by Crippen LogP contribution is -2.36. The number of nitrogens with zero attached hydrogens (tertiary/aromatic N) is 2. The molecule has 0 aromatic heterocycles. The van der Waals surface area contributed by atoms with Crippen LogP contribution < -0.4 is 0 Å². The monoisotopic (exact) mass is 234 g/mol. The lowest BCUT2D eigenvalue weighted by molar-refractivity contribution is -0.0453. The fraction of sp³-hybridized carbons (Fsp3) is 0.750.